The van der Waals surface area contributed by atoms with Gasteiger partial charge in [0.1, 0.15) is 5.76 Å². The molecule has 2 nitrogen and oxygen atoms in total. The molecule has 2 heteroatoms. The summed E-state index contributed by atoms with van der Waals surface area (Å²) in [6, 6.07) is 0. The Kier molecular flexibility index (Phi) is 3.34. The fourth-order valence-corrected chi connectivity index (χ4v) is 1.76. The summed E-state index contributed by atoms with van der Waals surface area (Å²) in [6.45, 7) is 2.53. The van der Waals surface area contributed by atoms with Crippen LogP contribution in [0, 0.1) is 23.7 Å². The third-order valence-corrected chi connectivity index (χ3v) is 2.53. The van der Waals surface area contributed by atoms with Crippen molar-refractivity contribution in [3.63, 3.8) is 0 Å². The number of allylic oxidation sites excluding steroid dienone is 2. The monoisotopic (exact) mass is 214 g/mol. The lowest BCUT2D eigenvalue weighted by atomic mass is 10.1. The van der Waals surface area contributed by atoms with Gasteiger partial charge in [-0.1, -0.05) is 11.8 Å². The molecule has 0 amide bonds. The molecule has 16 heavy (non-hydrogen) atoms. The Labute approximate surface area is 96.3 Å². The molecule has 0 saturated carbocycles. The van der Waals surface area contributed by atoms with E-state index in [4.69, 9.17) is 9.47 Å². The Hall–Kier alpha value is -1.64. The van der Waals surface area contributed by atoms with Crippen molar-refractivity contribution < 1.29 is 9.47 Å². The van der Waals surface area contributed by atoms with Crippen LogP contribution < -0.4 is 0 Å². The van der Waals surface area contributed by atoms with Gasteiger partial charge >= 0.3 is 0 Å². The maximum Gasteiger partial charge on any atom is 0.230 e. The molecule has 82 valence electrons. The van der Waals surface area contributed by atoms with Gasteiger partial charge in [0.15, 0.2) is 0 Å². The second kappa shape index (κ2) is 4.92. The summed E-state index contributed by atoms with van der Waals surface area (Å²) in [5.41, 5.74) is 0. The first kappa shape index (κ1) is 10.9. The molecule has 1 saturated heterocycles. The van der Waals surface area contributed by atoms with E-state index in [1.54, 1.807) is 13.0 Å². The smallest absolute Gasteiger partial charge is 0.230 e. The maximum atomic E-state index is 5.75. The van der Waals surface area contributed by atoms with Gasteiger partial charge in [-0.3, -0.25) is 0 Å². The molecular formula is C14H14O2. The third-order valence-electron chi connectivity index (χ3n) is 2.53. The number of ether oxygens (including phenoxy) is 2. The van der Waals surface area contributed by atoms with Crippen LogP contribution in [0.2, 0.25) is 0 Å². The minimum absolute atomic E-state index is 0.512. The second-order valence-corrected chi connectivity index (χ2v) is 3.74. The first-order valence-corrected chi connectivity index (χ1v) is 5.49. The summed E-state index contributed by atoms with van der Waals surface area (Å²) in [5.74, 6) is 11.2. The van der Waals surface area contributed by atoms with Gasteiger partial charge in [-0.15, -0.1) is 0 Å². The van der Waals surface area contributed by atoms with Gasteiger partial charge in [0, 0.05) is 12.5 Å². The summed E-state index contributed by atoms with van der Waals surface area (Å²) in [5, 5.41) is 0. The van der Waals surface area contributed by atoms with E-state index in [-0.39, 0.29) is 0 Å². The molecule has 0 N–H and O–H groups in total. The lowest BCUT2D eigenvalue weighted by Gasteiger charge is -2.31. The molecular weight excluding hydrogens is 200 g/mol. The third kappa shape index (κ3) is 2.48. The summed E-state index contributed by atoms with van der Waals surface area (Å²) in [7, 11) is 0. The predicted molar refractivity (Wildman–Crippen MR) is 62.1 cm³/mol. The average molecular weight is 214 g/mol. The topological polar surface area (TPSA) is 18.5 Å². The van der Waals surface area contributed by atoms with Gasteiger partial charge < -0.3 is 9.47 Å². The summed E-state index contributed by atoms with van der Waals surface area (Å²) in [6.07, 6.45) is 8.80. The van der Waals surface area contributed by atoms with Gasteiger partial charge in [-0.05, 0) is 43.8 Å². The molecule has 0 aliphatic carbocycles. The van der Waals surface area contributed by atoms with E-state index in [1.165, 1.54) is 0 Å². The largest absolute Gasteiger partial charge is 0.458 e. The zero-order chi connectivity index (χ0) is 11.3. The van der Waals surface area contributed by atoms with E-state index >= 15 is 0 Å². The molecule has 2 aliphatic heterocycles. The van der Waals surface area contributed by atoms with E-state index in [9.17, 15) is 0 Å². The van der Waals surface area contributed by atoms with Crippen LogP contribution in [0.4, 0.5) is 0 Å². The van der Waals surface area contributed by atoms with Crippen molar-refractivity contribution in [2.24, 2.45) is 0 Å². The molecule has 0 aromatic carbocycles. The molecule has 1 fully saturated rings. The Balaban J connectivity index is 2.00. The van der Waals surface area contributed by atoms with E-state index in [0.29, 0.717) is 0 Å². The Bertz CT molecular complexity index is 429. The zero-order valence-corrected chi connectivity index (χ0v) is 9.38. The standard InChI is InChI=1S/C14H14O2/c1-2-3-4-5-8-13-9-11-14(16-13)10-6-7-12-15-14/h8-9,11H,6-7,10,12H2,1H3/t14-/m1/s1. The molecule has 2 heterocycles. The van der Waals surface area contributed by atoms with Crippen molar-refractivity contribution in [2.45, 2.75) is 32.0 Å². The summed E-state index contributed by atoms with van der Waals surface area (Å²) in [4.78, 5) is 0. The van der Waals surface area contributed by atoms with Crippen LogP contribution >= 0.6 is 0 Å². The van der Waals surface area contributed by atoms with Gasteiger partial charge in [0.25, 0.3) is 0 Å². The highest BCUT2D eigenvalue weighted by Gasteiger charge is 2.36. The lowest BCUT2D eigenvalue weighted by molar-refractivity contribution is -0.191. The Morgan fingerprint density at radius 3 is 3.06 bits per heavy atom. The predicted octanol–water partition coefficient (Wildman–Crippen LogP) is 2.38. The Morgan fingerprint density at radius 1 is 1.38 bits per heavy atom. The quantitative estimate of drug-likeness (QED) is 0.576. The van der Waals surface area contributed by atoms with Gasteiger partial charge in [-0.2, -0.15) is 0 Å². The van der Waals surface area contributed by atoms with Gasteiger partial charge in [0.05, 0.1) is 6.61 Å². The van der Waals surface area contributed by atoms with Crippen LogP contribution in [-0.2, 0) is 9.47 Å². The van der Waals surface area contributed by atoms with Crippen molar-refractivity contribution in [3.8, 4) is 23.7 Å². The first-order chi connectivity index (χ1) is 7.85. The second-order valence-electron chi connectivity index (χ2n) is 3.74. The van der Waals surface area contributed by atoms with Crippen LogP contribution in [0.5, 0.6) is 0 Å². The van der Waals surface area contributed by atoms with Crippen molar-refractivity contribution >= 4 is 0 Å². The molecule has 1 spiro atoms. The summed E-state index contributed by atoms with van der Waals surface area (Å²) >= 11 is 0. The SMILES string of the molecule is CC#CC#CC=C1C=C[C@@]2(CCCCO2)O1. The highest BCUT2D eigenvalue weighted by Crippen LogP contribution is 2.34. The zero-order valence-electron chi connectivity index (χ0n) is 9.38. The van der Waals surface area contributed by atoms with Crippen LogP contribution in [0.3, 0.4) is 0 Å². The van der Waals surface area contributed by atoms with E-state index < -0.39 is 5.79 Å². The number of rotatable bonds is 0. The molecule has 0 bridgehead atoms. The molecule has 0 aromatic rings. The lowest BCUT2D eigenvalue weighted by Crippen LogP contribution is -2.34. The van der Waals surface area contributed by atoms with Gasteiger partial charge in [0.2, 0.25) is 5.79 Å². The highest BCUT2D eigenvalue weighted by atomic mass is 16.7. The van der Waals surface area contributed by atoms with Crippen LogP contribution in [0.1, 0.15) is 26.2 Å². The molecule has 2 aliphatic rings. The van der Waals surface area contributed by atoms with Crippen LogP contribution in [0.25, 0.3) is 0 Å². The molecule has 0 aromatic heterocycles. The molecule has 2 rings (SSSR count). The van der Waals surface area contributed by atoms with E-state index in [2.05, 4.69) is 23.7 Å². The van der Waals surface area contributed by atoms with Crippen molar-refractivity contribution in [1.82, 2.24) is 0 Å². The fourth-order valence-electron chi connectivity index (χ4n) is 1.76. The number of hydrogen-bond acceptors (Lipinski definition) is 2. The molecule has 1 atom stereocenters. The first-order valence-electron chi connectivity index (χ1n) is 5.49. The molecule has 0 radical (unpaired) electrons. The number of hydrogen-bond donors (Lipinski definition) is 0. The van der Waals surface area contributed by atoms with Crippen molar-refractivity contribution in [2.75, 3.05) is 6.61 Å². The minimum Gasteiger partial charge on any atom is -0.458 e. The fraction of sp³-hybridized carbons (Fsp3) is 0.429. The average Bonchev–Trinajstić information content (AvgIpc) is 2.69. The van der Waals surface area contributed by atoms with Gasteiger partial charge in [-0.25, -0.2) is 0 Å². The maximum absolute atomic E-state index is 5.75. The van der Waals surface area contributed by atoms with Crippen LogP contribution in [0.15, 0.2) is 24.0 Å². The molecule has 0 unspecified atom stereocenters. The van der Waals surface area contributed by atoms with E-state index in [1.807, 2.05) is 12.2 Å². The van der Waals surface area contributed by atoms with E-state index in [0.717, 1.165) is 31.6 Å². The van der Waals surface area contributed by atoms with Crippen LogP contribution in [-0.4, -0.2) is 12.4 Å². The normalized spacial score (nSPS) is 29.2. The highest BCUT2D eigenvalue weighted by molar-refractivity contribution is 5.35. The Morgan fingerprint density at radius 2 is 2.31 bits per heavy atom. The van der Waals surface area contributed by atoms with Crippen molar-refractivity contribution in [3.05, 3.63) is 24.0 Å². The minimum atomic E-state index is -0.512. The van der Waals surface area contributed by atoms with Crippen molar-refractivity contribution in [1.29, 1.82) is 0 Å². The summed E-state index contributed by atoms with van der Waals surface area (Å²) < 4.78 is 11.4.